The Morgan fingerprint density at radius 2 is 1.73 bits per heavy atom. The van der Waals surface area contributed by atoms with Crippen molar-refractivity contribution in [2.24, 2.45) is 0 Å². The van der Waals surface area contributed by atoms with E-state index in [0.29, 0.717) is 0 Å². The van der Waals surface area contributed by atoms with Gasteiger partial charge in [0.2, 0.25) is 0 Å². The highest BCUT2D eigenvalue weighted by Crippen LogP contribution is 2.40. The minimum Gasteiger partial charge on any atom is -0.314 e. The molecule has 1 saturated heterocycles. The molecule has 3 nitrogen and oxygen atoms in total. The van der Waals surface area contributed by atoms with Gasteiger partial charge in [0.1, 0.15) is 0 Å². The van der Waals surface area contributed by atoms with Crippen molar-refractivity contribution in [1.82, 2.24) is 15.2 Å². The van der Waals surface area contributed by atoms with Gasteiger partial charge in [0, 0.05) is 41.3 Å². The number of hydrogen-bond acceptors (Lipinski definition) is 3. The summed E-state index contributed by atoms with van der Waals surface area (Å²) in [5.74, 6) is 0. The first-order chi connectivity index (χ1) is 12.6. The molecule has 5 heteroatoms. The van der Waals surface area contributed by atoms with Crippen LogP contribution in [0, 0.1) is 6.92 Å². The lowest BCUT2D eigenvalue weighted by Crippen LogP contribution is -2.45. The molecular weight excluding hydrogens is 454 g/mol. The van der Waals surface area contributed by atoms with Gasteiger partial charge in [-0.2, -0.15) is 0 Å². The number of fused-ring (bicyclic) bond motifs is 2. The van der Waals surface area contributed by atoms with E-state index in [9.17, 15) is 0 Å². The second-order valence-corrected chi connectivity index (χ2v) is 8.48. The van der Waals surface area contributed by atoms with E-state index < -0.39 is 0 Å². The lowest BCUT2D eigenvalue weighted by molar-refractivity contribution is 0.194. The minimum atomic E-state index is 0.239. The summed E-state index contributed by atoms with van der Waals surface area (Å²) in [4.78, 5) is 7.45. The first-order valence-corrected chi connectivity index (χ1v) is 11.1. The average molecular weight is 481 g/mol. The topological polar surface area (TPSA) is 28.2 Å². The van der Waals surface area contributed by atoms with E-state index in [4.69, 9.17) is 4.98 Å². The van der Waals surface area contributed by atoms with Crippen LogP contribution in [0.5, 0.6) is 0 Å². The van der Waals surface area contributed by atoms with Crippen LogP contribution in [0.4, 0.5) is 0 Å². The average Bonchev–Trinajstić information content (AvgIpc) is 2.81. The van der Waals surface area contributed by atoms with E-state index in [1.165, 1.54) is 32.4 Å². The minimum absolute atomic E-state index is 0.239. The van der Waals surface area contributed by atoms with E-state index in [-0.39, 0.29) is 6.04 Å². The first kappa shape index (κ1) is 20.0. The lowest BCUT2D eigenvalue weighted by atomic mass is 9.94. The van der Waals surface area contributed by atoms with E-state index in [2.05, 4.69) is 67.2 Å². The Balaban J connectivity index is 0.000000948. The third kappa shape index (κ3) is 4.06. The van der Waals surface area contributed by atoms with E-state index in [1.54, 1.807) is 0 Å². The molecule has 1 N–H and O–H groups in total. The normalized spacial score (nSPS) is 19.7. The molecule has 0 amide bonds. The van der Waals surface area contributed by atoms with Crippen LogP contribution in [-0.4, -0.2) is 36.1 Å². The first-order valence-electron chi connectivity index (χ1n) is 9.51. The zero-order valence-electron chi connectivity index (χ0n) is 15.8. The molecular formula is C21H27Br2N3. The Morgan fingerprint density at radius 1 is 1.04 bits per heavy atom. The smallest absolute Gasteiger partial charge is 0.0793 e. The fraction of sp³-hybridized carbons (Fsp3) is 0.476. The van der Waals surface area contributed by atoms with Gasteiger partial charge in [-0.1, -0.05) is 35.8 Å². The fourth-order valence-electron chi connectivity index (χ4n) is 3.98. The van der Waals surface area contributed by atoms with Gasteiger partial charge in [-0.05, 0) is 70.1 Å². The van der Waals surface area contributed by atoms with E-state index >= 15 is 0 Å². The molecule has 1 aliphatic carbocycles. The Bertz CT molecular complexity index is 770. The van der Waals surface area contributed by atoms with Crippen molar-refractivity contribution in [2.75, 3.05) is 26.2 Å². The molecule has 1 aromatic carbocycles. The Morgan fingerprint density at radius 3 is 2.46 bits per heavy atom. The monoisotopic (exact) mass is 479 g/mol. The predicted octanol–water partition coefficient (Wildman–Crippen LogP) is 5.03. The maximum Gasteiger partial charge on any atom is 0.0793 e. The SMILES string of the molecule is CC.Cc1cc(Br)c2c(c1)CCc1cc(Br)cnc1[C@@H]2N1CCNCC1. The van der Waals surface area contributed by atoms with Gasteiger partial charge in [0.25, 0.3) is 0 Å². The van der Waals surface area contributed by atoms with Crippen molar-refractivity contribution in [3.63, 3.8) is 0 Å². The molecule has 2 aliphatic rings. The van der Waals surface area contributed by atoms with Gasteiger partial charge in [-0.25, -0.2) is 0 Å². The highest BCUT2D eigenvalue weighted by molar-refractivity contribution is 9.10. The highest BCUT2D eigenvalue weighted by Gasteiger charge is 2.32. The number of piperazine rings is 1. The maximum atomic E-state index is 4.87. The van der Waals surface area contributed by atoms with Crippen LogP contribution in [-0.2, 0) is 12.8 Å². The van der Waals surface area contributed by atoms with E-state index in [1.807, 2.05) is 20.0 Å². The van der Waals surface area contributed by atoms with Crippen LogP contribution in [0.1, 0.15) is 47.8 Å². The van der Waals surface area contributed by atoms with Crippen molar-refractivity contribution in [2.45, 2.75) is 39.7 Å². The second kappa shape index (κ2) is 8.96. The molecule has 0 radical (unpaired) electrons. The fourth-order valence-corrected chi connectivity index (χ4v) is 5.19. The second-order valence-electron chi connectivity index (χ2n) is 6.71. The quantitative estimate of drug-likeness (QED) is 0.620. The van der Waals surface area contributed by atoms with Gasteiger partial charge in [-0.15, -0.1) is 0 Å². The van der Waals surface area contributed by atoms with Crippen LogP contribution in [0.3, 0.4) is 0 Å². The molecule has 1 aromatic heterocycles. The lowest BCUT2D eigenvalue weighted by Gasteiger charge is -2.36. The van der Waals surface area contributed by atoms with E-state index in [0.717, 1.165) is 43.5 Å². The third-order valence-electron chi connectivity index (χ3n) is 5.04. The molecule has 1 aliphatic heterocycles. The predicted molar refractivity (Wildman–Crippen MR) is 116 cm³/mol. The summed E-state index contributed by atoms with van der Waals surface area (Å²) in [6, 6.07) is 7.10. The molecule has 0 spiro atoms. The van der Waals surface area contributed by atoms with Crippen LogP contribution in [0.15, 0.2) is 33.3 Å². The van der Waals surface area contributed by atoms with Gasteiger partial charge < -0.3 is 5.32 Å². The van der Waals surface area contributed by atoms with Crippen molar-refractivity contribution < 1.29 is 0 Å². The highest BCUT2D eigenvalue weighted by atomic mass is 79.9. The van der Waals surface area contributed by atoms with Crippen LogP contribution >= 0.6 is 31.9 Å². The molecule has 0 saturated carbocycles. The Hall–Kier alpha value is -0.750. The maximum absolute atomic E-state index is 4.87. The van der Waals surface area contributed by atoms with Crippen LogP contribution in [0.2, 0.25) is 0 Å². The number of benzene rings is 1. The van der Waals surface area contributed by atoms with Crippen molar-refractivity contribution in [3.8, 4) is 0 Å². The summed E-state index contributed by atoms with van der Waals surface area (Å²) in [5.41, 5.74) is 6.78. The summed E-state index contributed by atoms with van der Waals surface area (Å²) in [7, 11) is 0. The van der Waals surface area contributed by atoms with Gasteiger partial charge in [-0.3, -0.25) is 9.88 Å². The Labute approximate surface area is 173 Å². The largest absolute Gasteiger partial charge is 0.314 e. The number of halogens is 2. The summed E-state index contributed by atoms with van der Waals surface area (Å²) >= 11 is 7.46. The van der Waals surface area contributed by atoms with Crippen molar-refractivity contribution >= 4 is 31.9 Å². The number of aryl methyl sites for hydroxylation is 3. The Kier molecular flexibility index (Phi) is 6.89. The van der Waals surface area contributed by atoms with Gasteiger partial charge in [0.05, 0.1) is 11.7 Å². The van der Waals surface area contributed by atoms with Crippen molar-refractivity contribution in [1.29, 1.82) is 0 Å². The number of hydrogen-bond donors (Lipinski definition) is 1. The summed E-state index contributed by atoms with van der Waals surface area (Å²) < 4.78 is 2.29. The number of rotatable bonds is 1. The molecule has 2 aromatic rings. The molecule has 0 bridgehead atoms. The number of aromatic nitrogens is 1. The number of nitrogens with one attached hydrogen (secondary N) is 1. The molecule has 1 fully saturated rings. The summed E-state index contributed by atoms with van der Waals surface area (Å²) in [6.45, 7) is 10.4. The van der Waals surface area contributed by atoms with Crippen LogP contribution < -0.4 is 5.32 Å². The zero-order valence-corrected chi connectivity index (χ0v) is 19.0. The van der Waals surface area contributed by atoms with Gasteiger partial charge >= 0.3 is 0 Å². The summed E-state index contributed by atoms with van der Waals surface area (Å²) in [6.07, 6.45) is 4.07. The van der Waals surface area contributed by atoms with Gasteiger partial charge in [0.15, 0.2) is 0 Å². The van der Waals surface area contributed by atoms with Crippen LogP contribution in [0.25, 0.3) is 0 Å². The molecule has 1 atom stereocenters. The molecule has 140 valence electrons. The molecule has 26 heavy (non-hydrogen) atoms. The zero-order chi connectivity index (χ0) is 18.7. The van der Waals surface area contributed by atoms with Crippen molar-refractivity contribution in [3.05, 3.63) is 61.3 Å². The summed E-state index contributed by atoms with van der Waals surface area (Å²) in [5, 5.41) is 3.47. The molecule has 2 heterocycles. The number of pyridine rings is 1. The molecule has 0 unspecified atom stereocenters. The number of nitrogens with zero attached hydrogens (tertiary/aromatic N) is 2. The third-order valence-corrected chi connectivity index (χ3v) is 6.13. The standard InChI is InChI=1S/C19H21Br2N3.C2H6/c1-12-8-13-2-3-14-10-15(20)11-23-18(14)19(17(13)16(21)9-12)24-6-4-22-5-7-24;1-2/h8-11,19,22H,2-7H2,1H3;1-2H3/t19-;/m1./s1. The molecule has 4 rings (SSSR count).